The molecule has 5 heavy (non-hydrogen) atoms. The normalized spacial score (nSPS) is 0. The van der Waals surface area contributed by atoms with Crippen LogP contribution in [0.3, 0.4) is 0 Å². The third-order valence-corrected chi connectivity index (χ3v) is 0. The molecule has 0 spiro atoms. The van der Waals surface area contributed by atoms with Crippen molar-refractivity contribution in [2.24, 2.45) is 0 Å². The Kier molecular flexibility index (Phi) is 263. The fraction of sp³-hybridized carbons (Fsp3) is 0. The van der Waals surface area contributed by atoms with Gasteiger partial charge in [0.2, 0.25) is 0 Å². The number of hydrogen-bond acceptors (Lipinski definition) is 0. The average molecular weight is 527 g/mol. The zero-order valence-corrected chi connectivity index (χ0v) is 12.2. The van der Waals surface area contributed by atoms with Crippen LogP contribution in [-0.2, 0) is 0 Å². The molecular formula is Br4Pb-4. The van der Waals surface area contributed by atoms with Crippen LogP contribution in [0.2, 0.25) is 0 Å². The average Bonchev–Trinajstić information content (AvgIpc) is 0. The minimum atomic E-state index is 0. The van der Waals surface area contributed by atoms with E-state index in [1.54, 1.807) is 0 Å². The molecule has 5 heteroatoms. The molecule has 0 aromatic rings. The van der Waals surface area contributed by atoms with E-state index in [-0.39, 0.29) is 95.2 Å². The summed E-state index contributed by atoms with van der Waals surface area (Å²) in [4.78, 5) is 0. The summed E-state index contributed by atoms with van der Waals surface area (Å²) in [5.41, 5.74) is 0. The van der Waals surface area contributed by atoms with Crippen LogP contribution < -0.4 is 67.9 Å². The van der Waals surface area contributed by atoms with E-state index in [1.807, 2.05) is 0 Å². The van der Waals surface area contributed by atoms with Gasteiger partial charge in [-0.05, 0) is 0 Å². The van der Waals surface area contributed by atoms with E-state index in [4.69, 9.17) is 0 Å². The number of rotatable bonds is 0. The minimum Gasteiger partial charge on any atom is -1.00 e. The predicted molar refractivity (Wildman–Crippen MR) is 5.75 cm³/mol. The van der Waals surface area contributed by atoms with E-state index in [1.165, 1.54) is 0 Å². The molecule has 0 aromatic heterocycles. The fourth-order valence-electron chi connectivity index (χ4n) is 0. The summed E-state index contributed by atoms with van der Waals surface area (Å²) in [7, 11) is 0. The zero-order chi connectivity index (χ0) is 0. The molecule has 0 aromatic carbocycles. The van der Waals surface area contributed by atoms with Crippen molar-refractivity contribution in [1.29, 1.82) is 0 Å². The van der Waals surface area contributed by atoms with Crippen LogP contribution in [-0.4, -0.2) is 27.3 Å². The second kappa shape index (κ2) is 28.9. The third kappa shape index (κ3) is 19.9. The molecular weight excluding hydrogens is 527 g/mol. The maximum atomic E-state index is 0. The van der Waals surface area contributed by atoms with Crippen LogP contribution in [0.1, 0.15) is 0 Å². The van der Waals surface area contributed by atoms with Crippen LogP contribution in [0.5, 0.6) is 0 Å². The number of hydrogen-bond donors (Lipinski definition) is 0. The molecule has 0 nitrogen and oxygen atoms in total. The second-order valence-corrected chi connectivity index (χ2v) is 0. The standard InChI is InChI=1S/4BrH.Pb/h4*1H;/p-4. The summed E-state index contributed by atoms with van der Waals surface area (Å²) in [5, 5.41) is 0. The second-order valence-electron chi connectivity index (χ2n) is 0. The Hall–Kier alpha value is 2.84. The van der Waals surface area contributed by atoms with Crippen molar-refractivity contribution in [2.45, 2.75) is 0 Å². The molecule has 0 amide bonds. The van der Waals surface area contributed by atoms with Gasteiger partial charge in [0.25, 0.3) is 0 Å². The molecule has 0 saturated heterocycles. The van der Waals surface area contributed by atoms with Gasteiger partial charge < -0.3 is 67.9 Å². The van der Waals surface area contributed by atoms with Crippen LogP contribution in [0.4, 0.5) is 0 Å². The Morgan fingerprint density at radius 1 is 0.400 bits per heavy atom. The molecule has 0 bridgehead atoms. The van der Waals surface area contributed by atoms with E-state index in [9.17, 15) is 0 Å². The van der Waals surface area contributed by atoms with Crippen LogP contribution in [0.25, 0.3) is 0 Å². The summed E-state index contributed by atoms with van der Waals surface area (Å²) in [6.45, 7) is 0. The van der Waals surface area contributed by atoms with Gasteiger partial charge in [0, 0.05) is 27.3 Å². The van der Waals surface area contributed by atoms with Crippen molar-refractivity contribution >= 4 is 27.3 Å². The fourth-order valence-corrected chi connectivity index (χ4v) is 0. The first-order chi connectivity index (χ1) is 0. The molecule has 36 valence electrons. The smallest absolute Gasteiger partial charge is 0 e. The monoisotopic (exact) mass is 524 g/mol. The van der Waals surface area contributed by atoms with Crippen LogP contribution in [0.15, 0.2) is 0 Å². The van der Waals surface area contributed by atoms with Gasteiger partial charge in [-0.1, -0.05) is 0 Å². The molecule has 0 aliphatic heterocycles. The van der Waals surface area contributed by atoms with Gasteiger partial charge in [0.05, 0.1) is 0 Å². The molecule has 0 N–H and O–H groups in total. The molecule has 0 heterocycles. The quantitative estimate of drug-likeness (QED) is 0.275. The van der Waals surface area contributed by atoms with E-state index in [0.717, 1.165) is 0 Å². The van der Waals surface area contributed by atoms with Gasteiger partial charge in [0.15, 0.2) is 0 Å². The van der Waals surface area contributed by atoms with Crippen molar-refractivity contribution < 1.29 is 67.9 Å². The molecule has 0 saturated carbocycles. The van der Waals surface area contributed by atoms with Gasteiger partial charge in [-0.25, -0.2) is 0 Å². The van der Waals surface area contributed by atoms with E-state index >= 15 is 0 Å². The molecule has 0 unspecified atom stereocenters. The van der Waals surface area contributed by atoms with Crippen LogP contribution in [0, 0.1) is 0 Å². The Morgan fingerprint density at radius 3 is 0.400 bits per heavy atom. The predicted octanol–water partition coefficient (Wildman–Crippen LogP) is -12.4. The molecule has 4 radical (unpaired) electrons. The summed E-state index contributed by atoms with van der Waals surface area (Å²) < 4.78 is 0. The van der Waals surface area contributed by atoms with E-state index < -0.39 is 0 Å². The van der Waals surface area contributed by atoms with Gasteiger partial charge in [-0.2, -0.15) is 0 Å². The van der Waals surface area contributed by atoms with E-state index in [2.05, 4.69) is 0 Å². The maximum absolute atomic E-state index is 0. The summed E-state index contributed by atoms with van der Waals surface area (Å²) in [6, 6.07) is 0. The molecule has 0 fully saturated rings. The SMILES string of the molecule is [Br-].[Br-].[Br-].[Br-].[Pb]. The summed E-state index contributed by atoms with van der Waals surface area (Å²) >= 11 is 0. The maximum Gasteiger partial charge on any atom is 0 e. The zero-order valence-electron chi connectivity index (χ0n) is 2.01. The number of halogens is 4. The Bertz CT molecular complexity index is 3.61. The van der Waals surface area contributed by atoms with E-state index in [0.29, 0.717) is 0 Å². The molecule has 0 aliphatic rings. The Labute approximate surface area is 93.7 Å². The topological polar surface area (TPSA) is 0 Å². The first-order valence-electron chi connectivity index (χ1n) is 0. The third-order valence-electron chi connectivity index (χ3n) is 0. The van der Waals surface area contributed by atoms with Gasteiger partial charge >= 0.3 is 0 Å². The van der Waals surface area contributed by atoms with Crippen molar-refractivity contribution in [3.63, 3.8) is 0 Å². The Balaban J connectivity index is 0. The summed E-state index contributed by atoms with van der Waals surface area (Å²) in [5.74, 6) is 0. The molecule has 0 atom stereocenters. The van der Waals surface area contributed by atoms with Gasteiger partial charge in [-0.3, -0.25) is 0 Å². The first-order valence-corrected chi connectivity index (χ1v) is 0. The van der Waals surface area contributed by atoms with Gasteiger partial charge in [-0.15, -0.1) is 0 Å². The summed E-state index contributed by atoms with van der Waals surface area (Å²) in [6.07, 6.45) is 0. The van der Waals surface area contributed by atoms with Crippen molar-refractivity contribution in [3.8, 4) is 0 Å². The molecule has 0 rings (SSSR count). The largest absolute Gasteiger partial charge is 1.00 e. The first kappa shape index (κ1) is 45.5. The Morgan fingerprint density at radius 2 is 0.400 bits per heavy atom. The van der Waals surface area contributed by atoms with Crippen molar-refractivity contribution in [2.75, 3.05) is 0 Å². The van der Waals surface area contributed by atoms with Crippen LogP contribution >= 0.6 is 0 Å². The van der Waals surface area contributed by atoms with Gasteiger partial charge in [0.1, 0.15) is 0 Å². The van der Waals surface area contributed by atoms with Crippen molar-refractivity contribution in [3.05, 3.63) is 0 Å². The van der Waals surface area contributed by atoms with Crippen molar-refractivity contribution in [1.82, 2.24) is 0 Å². The molecule has 0 aliphatic carbocycles. The minimum absolute atomic E-state index is 0.